The van der Waals surface area contributed by atoms with Crippen LogP contribution in [0.15, 0.2) is 34.2 Å². The molecule has 1 aromatic carbocycles. The quantitative estimate of drug-likeness (QED) is 0.903. The first-order valence-corrected chi connectivity index (χ1v) is 8.19. The number of nitrogens with zero attached hydrogens (tertiary/aromatic N) is 2. The molecule has 0 spiro atoms. The number of aryl methyl sites for hydroxylation is 1. The van der Waals surface area contributed by atoms with Gasteiger partial charge in [0, 0.05) is 16.4 Å². The second kappa shape index (κ2) is 6.25. The largest absolute Gasteiger partial charge is 0.339 e. The predicted octanol–water partition coefficient (Wildman–Crippen LogP) is 3.05. The lowest BCUT2D eigenvalue weighted by atomic mass is 9.92. The molecule has 112 valence electrons. The molecule has 0 aliphatic carbocycles. The molecule has 0 aliphatic rings. The summed E-state index contributed by atoms with van der Waals surface area (Å²) in [6, 6.07) is 7.52. The summed E-state index contributed by atoms with van der Waals surface area (Å²) in [4.78, 5) is 19.6. The van der Waals surface area contributed by atoms with E-state index in [2.05, 4.69) is 20.9 Å². The van der Waals surface area contributed by atoms with Crippen molar-refractivity contribution in [2.45, 2.75) is 25.9 Å². The topological polar surface area (TPSA) is 59.2 Å². The number of thiazole rings is 1. The number of nitrogens with two attached hydrogens (primary N) is 1. The van der Waals surface area contributed by atoms with E-state index in [0.29, 0.717) is 6.54 Å². The number of halogens is 1. The van der Waals surface area contributed by atoms with Crippen molar-refractivity contribution in [1.29, 1.82) is 0 Å². The minimum atomic E-state index is -1.05. The van der Waals surface area contributed by atoms with Crippen LogP contribution in [0.3, 0.4) is 0 Å². The summed E-state index contributed by atoms with van der Waals surface area (Å²) >= 11 is 4.94. The molecule has 0 radical (unpaired) electrons. The molecule has 0 saturated carbocycles. The third kappa shape index (κ3) is 3.51. The molecule has 6 heteroatoms. The number of amides is 1. The van der Waals surface area contributed by atoms with Gasteiger partial charge < -0.3 is 10.6 Å². The van der Waals surface area contributed by atoms with Gasteiger partial charge in [-0.2, -0.15) is 0 Å². The van der Waals surface area contributed by atoms with Crippen LogP contribution in [-0.4, -0.2) is 22.8 Å². The van der Waals surface area contributed by atoms with Gasteiger partial charge in [-0.3, -0.25) is 4.79 Å². The lowest BCUT2D eigenvalue weighted by Crippen LogP contribution is -2.49. The number of hydrogen-bond donors (Lipinski definition) is 1. The van der Waals surface area contributed by atoms with Gasteiger partial charge in [-0.05, 0) is 31.5 Å². The maximum atomic E-state index is 12.7. The van der Waals surface area contributed by atoms with E-state index in [0.717, 1.165) is 20.6 Å². The first-order valence-electron chi connectivity index (χ1n) is 6.52. The monoisotopic (exact) mass is 367 g/mol. The van der Waals surface area contributed by atoms with Gasteiger partial charge in [0.15, 0.2) is 0 Å². The summed E-state index contributed by atoms with van der Waals surface area (Å²) in [5.74, 6) is -0.113. The molecule has 4 nitrogen and oxygen atoms in total. The zero-order valence-corrected chi connectivity index (χ0v) is 14.7. The van der Waals surface area contributed by atoms with Crippen LogP contribution >= 0.6 is 27.3 Å². The van der Waals surface area contributed by atoms with Gasteiger partial charge in [0.05, 0.1) is 17.7 Å². The molecular formula is C15H18BrN3OS. The van der Waals surface area contributed by atoms with Crippen molar-refractivity contribution in [3.8, 4) is 0 Å². The third-order valence-electron chi connectivity index (χ3n) is 3.46. The SMILES string of the molecule is Cc1ncsc1CN(C)C(=O)C(C)(N)c1ccc(Br)cc1. The van der Waals surface area contributed by atoms with Crippen LogP contribution in [0.4, 0.5) is 0 Å². The minimum absolute atomic E-state index is 0.113. The van der Waals surface area contributed by atoms with Crippen LogP contribution in [0.25, 0.3) is 0 Å². The van der Waals surface area contributed by atoms with Crippen molar-refractivity contribution in [2.24, 2.45) is 5.73 Å². The molecule has 2 N–H and O–H groups in total. The van der Waals surface area contributed by atoms with Crippen molar-refractivity contribution < 1.29 is 4.79 Å². The Labute approximate surface area is 137 Å². The minimum Gasteiger partial charge on any atom is -0.339 e. The molecule has 1 heterocycles. The van der Waals surface area contributed by atoms with E-state index in [1.54, 1.807) is 35.7 Å². The first-order chi connectivity index (χ1) is 9.82. The van der Waals surface area contributed by atoms with E-state index in [4.69, 9.17) is 5.73 Å². The molecule has 1 atom stereocenters. The van der Waals surface area contributed by atoms with E-state index >= 15 is 0 Å². The fraction of sp³-hybridized carbons (Fsp3) is 0.333. The highest BCUT2D eigenvalue weighted by Gasteiger charge is 2.33. The average molecular weight is 368 g/mol. The summed E-state index contributed by atoms with van der Waals surface area (Å²) in [6.07, 6.45) is 0. The highest BCUT2D eigenvalue weighted by atomic mass is 79.9. The van der Waals surface area contributed by atoms with Gasteiger partial charge in [-0.25, -0.2) is 4.98 Å². The summed E-state index contributed by atoms with van der Waals surface area (Å²) in [5, 5.41) is 0. The van der Waals surface area contributed by atoms with E-state index in [1.807, 2.05) is 31.2 Å². The fourth-order valence-electron chi connectivity index (χ4n) is 2.08. The standard InChI is InChI=1S/C15H18BrN3OS/c1-10-13(21-9-18-10)8-19(3)14(20)15(2,17)11-4-6-12(16)7-5-11/h4-7,9H,8,17H2,1-3H3. The second-order valence-corrected chi connectivity index (χ2v) is 7.09. The summed E-state index contributed by atoms with van der Waals surface area (Å²) in [5.41, 5.74) is 8.78. The summed E-state index contributed by atoms with van der Waals surface area (Å²) in [6.45, 7) is 4.22. The number of likely N-dealkylation sites (N-methyl/N-ethyl adjacent to an activating group) is 1. The summed E-state index contributed by atoms with van der Waals surface area (Å²) < 4.78 is 0.961. The van der Waals surface area contributed by atoms with Gasteiger partial charge in [0.1, 0.15) is 5.54 Å². The maximum Gasteiger partial charge on any atom is 0.247 e. The Morgan fingerprint density at radius 3 is 2.57 bits per heavy atom. The van der Waals surface area contributed by atoms with Crippen molar-refractivity contribution >= 4 is 33.2 Å². The third-order valence-corrected chi connectivity index (χ3v) is 4.91. The number of benzene rings is 1. The zero-order valence-electron chi connectivity index (χ0n) is 12.3. The van der Waals surface area contributed by atoms with Crippen molar-refractivity contribution in [1.82, 2.24) is 9.88 Å². The van der Waals surface area contributed by atoms with Gasteiger partial charge in [0.2, 0.25) is 5.91 Å². The van der Waals surface area contributed by atoms with Gasteiger partial charge in [-0.15, -0.1) is 11.3 Å². The smallest absolute Gasteiger partial charge is 0.247 e. The maximum absolute atomic E-state index is 12.7. The Hall–Kier alpha value is -1.24. The van der Waals surface area contributed by atoms with Crippen molar-refractivity contribution in [2.75, 3.05) is 7.05 Å². The Bertz CT molecular complexity index is 637. The van der Waals surface area contributed by atoms with Crippen LogP contribution in [-0.2, 0) is 16.9 Å². The summed E-state index contributed by atoms with van der Waals surface area (Å²) in [7, 11) is 1.77. The number of hydrogen-bond acceptors (Lipinski definition) is 4. The Balaban J connectivity index is 2.17. The molecule has 1 unspecified atom stereocenters. The van der Waals surface area contributed by atoms with E-state index < -0.39 is 5.54 Å². The molecule has 2 rings (SSSR count). The molecule has 1 aromatic heterocycles. The van der Waals surface area contributed by atoms with Crippen molar-refractivity contribution in [3.05, 3.63) is 50.4 Å². The second-order valence-electron chi connectivity index (χ2n) is 5.23. The zero-order chi connectivity index (χ0) is 15.6. The molecule has 2 aromatic rings. The average Bonchev–Trinajstić information content (AvgIpc) is 2.83. The molecule has 21 heavy (non-hydrogen) atoms. The van der Waals surface area contributed by atoms with Crippen LogP contribution in [0.5, 0.6) is 0 Å². The van der Waals surface area contributed by atoms with E-state index in [9.17, 15) is 4.79 Å². The predicted molar refractivity (Wildman–Crippen MR) is 89.0 cm³/mol. The lowest BCUT2D eigenvalue weighted by molar-refractivity contribution is -0.135. The first kappa shape index (κ1) is 16.1. The number of carbonyl (C=O) groups is 1. The van der Waals surface area contributed by atoms with E-state index in [-0.39, 0.29) is 5.91 Å². The number of aromatic nitrogens is 1. The van der Waals surface area contributed by atoms with Gasteiger partial charge in [-0.1, -0.05) is 28.1 Å². The van der Waals surface area contributed by atoms with Gasteiger partial charge in [0.25, 0.3) is 0 Å². The number of carbonyl (C=O) groups excluding carboxylic acids is 1. The highest BCUT2D eigenvalue weighted by Crippen LogP contribution is 2.24. The van der Waals surface area contributed by atoms with Crippen LogP contribution in [0.1, 0.15) is 23.1 Å². The molecule has 0 bridgehead atoms. The number of rotatable bonds is 4. The highest BCUT2D eigenvalue weighted by molar-refractivity contribution is 9.10. The molecule has 0 aliphatic heterocycles. The fourth-order valence-corrected chi connectivity index (χ4v) is 3.18. The molecule has 0 fully saturated rings. The normalized spacial score (nSPS) is 13.8. The molecular weight excluding hydrogens is 350 g/mol. The molecule has 1 amide bonds. The Morgan fingerprint density at radius 1 is 1.43 bits per heavy atom. The van der Waals surface area contributed by atoms with E-state index in [1.165, 1.54) is 0 Å². The Kier molecular flexibility index (Phi) is 4.81. The van der Waals surface area contributed by atoms with Crippen LogP contribution in [0, 0.1) is 6.92 Å². The van der Waals surface area contributed by atoms with Crippen molar-refractivity contribution in [3.63, 3.8) is 0 Å². The van der Waals surface area contributed by atoms with Crippen LogP contribution < -0.4 is 5.73 Å². The van der Waals surface area contributed by atoms with Gasteiger partial charge >= 0.3 is 0 Å². The Morgan fingerprint density at radius 2 is 2.05 bits per heavy atom. The molecule has 0 saturated heterocycles. The van der Waals surface area contributed by atoms with Crippen LogP contribution in [0.2, 0.25) is 0 Å². The lowest BCUT2D eigenvalue weighted by Gasteiger charge is -2.29.